The highest BCUT2D eigenvalue weighted by Crippen LogP contribution is 2.21. The van der Waals surface area contributed by atoms with E-state index in [4.69, 9.17) is 5.73 Å². The molecule has 0 spiro atoms. The fraction of sp³-hybridized carbons (Fsp3) is 0.222. The summed E-state index contributed by atoms with van der Waals surface area (Å²) >= 11 is 0. The number of rotatable bonds is 5. The summed E-state index contributed by atoms with van der Waals surface area (Å²) in [5.74, 6) is -1.55. The van der Waals surface area contributed by atoms with Crippen LogP contribution in [0.1, 0.15) is 16.7 Å². The maximum absolute atomic E-state index is 11.4. The number of benzene rings is 2. The van der Waals surface area contributed by atoms with Crippen LogP contribution in [-0.4, -0.2) is 17.3 Å². The highest BCUT2D eigenvalue weighted by atomic mass is 16.4. The lowest BCUT2D eigenvalue weighted by molar-refractivity contribution is -0.139. The second-order valence-electron chi connectivity index (χ2n) is 5.41. The van der Waals surface area contributed by atoms with Crippen molar-refractivity contribution in [3.8, 4) is 0 Å². The number of carbonyl (C=O) groups is 1. The molecule has 2 rings (SSSR count). The van der Waals surface area contributed by atoms with Gasteiger partial charge in [0.25, 0.3) is 0 Å². The van der Waals surface area contributed by atoms with Gasteiger partial charge in [0.2, 0.25) is 0 Å². The molecule has 0 heterocycles. The van der Waals surface area contributed by atoms with Crippen molar-refractivity contribution in [1.29, 1.82) is 0 Å². The lowest BCUT2D eigenvalue weighted by Crippen LogP contribution is -2.18. The van der Waals surface area contributed by atoms with E-state index in [1.54, 1.807) is 0 Å². The molecule has 4 heteroatoms. The fourth-order valence-corrected chi connectivity index (χ4v) is 2.33. The zero-order valence-electron chi connectivity index (χ0n) is 12.8. The van der Waals surface area contributed by atoms with Gasteiger partial charge in [-0.25, -0.2) is 0 Å². The summed E-state index contributed by atoms with van der Waals surface area (Å²) in [7, 11) is 0. The Bertz CT molecular complexity index is 670. The van der Waals surface area contributed by atoms with E-state index < -0.39 is 11.9 Å². The van der Waals surface area contributed by atoms with Crippen molar-refractivity contribution in [2.75, 3.05) is 5.73 Å². The first kappa shape index (κ1) is 15.8. The first-order chi connectivity index (χ1) is 10.5. The Morgan fingerprint density at radius 2 is 1.82 bits per heavy atom. The highest BCUT2D eigenvalue weighted by Gasteiger charge is 2.16. The molecule has 0 radical (unpaired) electrons. The molecule has 0 aromatic heterocycles. The monoisotopic (exact) mass is 296 g/mol. The minimum Gasteiger partial charge on any atom is -0.481 e. The Kier molecular flexibility index (Phi) is 4.94. The van der Waals surface area contributed by atoms with Crippen LogP contribution in [0.5, 0.6) is 0 Å². The number of carboxylic acids is 1. The number of hydrogen-bond donors (Lipinski definition) is 2. The standard InChI is InChI=1S/C18H20N2O2/c1-12-8-14(9-13(2)17(12)19)10-15(18(21)22)11-20-16-6-4-3-5-7-16/h3-9,11,15H,10,19H2,1-2H3,(H,21,22). The molecule has 0 bridgehead atoms. The molecule has 114 valence electrons. The smallest absolute Gasteiger partial charge is 0.312 e. The van der Waals surface area contributed by atoms with Gasteiger partial charge in [-0.15, -0.1) is 0 Å². The molecule has 0 fully saturated rings. The number of carboxylic acid groups (broad SMARTS) is 1. The van der Waals surface area contributed by atoms with Crippen molar-refractivity contribution >= 4 is 23.6 Å². The molecule has 0 saturated carbocycles. The summed E-state index contributed by atoms with van der Waals surface area (Å²) in [5, 5.41) is 9.39. The van der Waals surface area contributed by atoms with Gasteiger partial charge in [-0.2, -0.15) is 0 Å². The summed E-state index contributed by atoms with van der Waals surface area (Å²) in [6.07, 6.45) is 1.90. The highest BCUT2D eigenvalue weighted by molar-refractivity contribution is 5.90. The van der Waals surface area contributed by atoms with E-state index in [-0.39, 0.29) is 0 Å². The van der Waals surface area contributed by atoms with E-state index in [2.05, 4.69) is 4.99 Å². The average molecular weight is 296 g/mol. The largest absolute Gasteiger partial charge is 0.481 e. The van der Waals surface area contributed by atoms with Crippen LogP contribution in [0.25, 0.3) is 0 Å². The Hall–Kier alpha value is -2.62. The second kappa shape index (κ2) is 6.89. The third-order valence-electron chi connectivity index (χ3n) is 3.59. The van der Waals surface area contributed by atoms with E-state index in [1.807, 2.05) is 56.3 Å². The van der Waals surface area contributed by atoms with E-state index >= 15 is 0 Å². The molecule has 0 aliphatic heterocycles. The predicted octanol–water partition coefficient (Wildman–Crippen LogP) is 3.53. The van der Waals surface area contributed by atoms with Crippen molar-refractivity contribution in [3.05, 3.63) is 59.2 Å². The lowest BCUT2D eigenvalue weighted by atomic mass is 9.96. The fourth-order valence-electron chi connectivity index (χ4n) is 2.33. The number of aliphatic carboxylic acids is 1. The summed E-state index contributed by atoms with van der Waals surface area (Å²) in [4.78, 5) is 15.7. The van der Waals surface area contributed by atoms with Gasteiger partial charge in [-0.1, -0.05) is 30.3 Å². The van der Waals surface area contributed by atoms with Crippen molar-refractivity contribution in [2.24, 2.45) is 10.9 Å². The van der Waals surface area contributed by atoms with Crippen LogP contribution in [0.3, 0.4) is 0 Å². The summed E-state index contributed by atoms with van der Waals surface area (Å²) in [6, 6.07) is 13.2. The van der Waals surface area contributed by atoms with Crippen LogP contribution in [-0.2, 0) is 11.2 Å². The number of nitrogens with two attached hydrogens (primary N) is 1. The van der Waals surface area contributed by atoms with Gasteiger partial charge in [0.15, 0.2) is 0 Å². The topological polar surface area (TPSA) is 75.7 Å². The van der Waals surface area contributed by atoms with Gasteiger partial charge in [-0.05, 0) is 49.1 Å². The molecule has 3 N–H and O–H groups in total. The molecular formula is C18H20N2O2. The number of para-hydroxylation sites is 1. The number of nitrogens with zero attached hydrogens (tertiary/aromatic N) is 1. The van der Waals surface area contributed by atoms with Gasteiger partial charge in [0.05, 0.1) is 11.6 Å². The zero-order chi connectivity index (χ0) is 16.1. The molecule has 2 aromatic carbocycles. The van der Waals surface area contributed by atoms with Crippen LogP contribution in [0.15, 0.2) is 47.5 Å². The Morgan fingerprint density at radius 3 is 2.36 bits per heavy atom. The normalized spacial score (nSPS) is 12.5. The number of aliphatic imine (C=N–C) groups is 1. The Morgan fingerprint density at radius 1 is 1.23 bits per heavy atom. The van der Waals surface area contributed by atoms with Gasteiger partial charge in [0.1, 0.15) is 0 Å². The average Bonchev–Trinajstić information content (AvgIpc) is 2.49. The number of anilines is 1. The Balaban J connectivity index is 2.19. The Labute approximate surface area is 130 Å². The molecule has 4 nitrogen and oxygen atoms in total. The van der Waals surface area contributed by atoms with Gasteiger partial charge in [-0.3, -0.25) is 9.79 Å². The molecule has 1 unspecified atom stereocenters. The minimum absolute atomic E-state index is 0.396. The van der Waals surface area contributed by atoms with E-state index in [0.29, 0.717) is 6.42 Å². The van der Waals surface area contributed by atoms with Gasteiger partial charge < -0.3 is 10.8 Å². The van der Waals surface area contributed by atoms with Crippen LogP contribution < -0.4 is 5.73 Å². The molecule has 0 aliphatic carbocycles. The first-order valence-electron chi connectivity index (χ1n) is 7.15. The van der Waals surface area contributed by atoms with Crippen molar-refractivity contribution in [2.45, 2.75) is 20.3 Å². The summed E-state index contributed by atoms with van der Waals surface area (Å²) < 4.78 is 0. The van der Waals surface area contributed by atoms with Crippen molar-refractivity contribution < 1.29 is 9.90 Å². The predicted molar refractivity (Wildman–Crippen MR) is 89.8 cm³/mol. The second-order valence-corrected chi connectivity index (χ2v) is 5.41. The van der Waals surface area contributed by atoms with Crippen LogP contribution in [0, 0.1) is 19.8 Å². The molecule has 1 atom stereocenters. The van der Waals surface area contributed by atoms with Crippen molar-refractivity contribution in [1.82, 2.24) is 0 Å². The molecule has 22 heavy (non-hydrogen) atoms. The minimum atomic E-state index is -0.883. The third-order valence-corrected chi connectivity index (χ3v) is 3.59. The van der Waals surface area contributed by atoms with Crippen molar-refractivity contribution in [3.63, 3.8) is 0 Å². The number of hydrogen-bond acceptors (Lipinski definition) is 3. The quantitative estimate of drug-likeness (QED) is 0.654. The van der Waals surface area contributed by atoms with E-state index in [9.17, 15) is 9.90 Å². The lowest BCUT2D eigenvalue weighted by Gasteiger charge is -2.11. The van der Waals surface area contributed by atoms with E-state index in [0.717, 1.165) is 28.1 Å². The number of aryl methyl sites for hydroxylation is 2. The summed E-state index contributed by atoms with van der Waals surface area (Å²) in [5.41, 5.74) is 10.3. The molecule has 0 amide bonds. The van der Waals surface area contributed by atoms with Crippen LogP contribution in [0.2, 0.25) is 0 Å². The summed E-state index contributed by atoms with van der Waals surface area (Å²) in [6.45, 7) is 3.86. The van der Waals surface area contributed by atoms with Crippen LogP contribution in [0.4, 0.5) is 11.4 Å². The van der Waals surface area contributed by atoms with Gasteiger partial charge >= 0.3 is 5.97 Å². The van der Waals surface area contributed by atoms with Crippen LogP contribution >= 0.6 is 0 Å². The van der Waals surface area contributed by atoms with E-state index in [1.165, 1.54) is 6.21 Å². The zero-order valence-corrected chi connectivity index (χ0v) is 12.8. The van der Waals surface area contributed by atoms with Gasteiger partial charge in [0, 0.05) is 11.9 Å². The third kappa shape index (κ3) is 3.95. The molecule has 0 saturated heterocycles. The first-order valence-corrected chi connectivity index (χ1v) is 7.15. The molecular weight excluding hydrogens is 276 g/mol. The number of nitrogen functional groups attached to an aromatic ring is 1. The molecule has 2 aromatic rings. The maximum atomic E-state index is 11.4. The molecule has 0 aliphatic rings. The maximum Gasteiger partial charge on any atom is 0.312 e. The SMILES string of the molecule is Cc1cc(CC(C=Nc2ccccc2)C(=O)O)cc(C)c1N.